The van der Waals surface area contributed by atoms with Crippen LogP contribution in [-0.4, -0.2) is 30.7 Å². The average molecular weight is 285 g/mol. The van der Waals surface area contributed by atoms with Crippen molar-refractivity contribution in [2.75, 3.05) is 6.61 Å². The summed E-state index contributed by atoms with van der Waals surface area (Å²) < 4.78 is 10.00. The highest BCUT2D eigenvalue weighted by molar-refractivity contribution is 6.03. The quantitative estimate of drug-likeness (QED) is 0.370. The van der Waals surface area contributed by atoms with Gasteiger partial charge in [0.05, 0.1) is 6.61 Å². The van der Waals surface area contributed by atoms with E-state index in [0.29, 0.717) is 5.70 Å². The lowest BCUT2D eigenvalue weighted by molar-refractivity contribution is -0.161. The van der Waals surface area contributed by atoms with Gasteiger partial charge in [0.15, 0.2) is 5.41 Å². The first kappa shape index (κ1) is 15.8. The van der Waals surface area contributed by atoms with Crippen molar-refractivity contribution in [3.63, 3.8) is 0 Å². The van der Waals surface area contributed by atoms with Crippen molar-refractivity contribution >= 4 is 18.0 Å². The number of hydrogen-bond acceptors (Lipinski definition) is 6. The van der Waals surface area contributed by atoms with Crippen LogP contribution in [0.2, 0.25) is 0 Å². The molecule has 0 aliphatic carbocycles. The summed E-state index contributed by atoms with van der Waals surface area (Å²) in [5.74, 6) is -1.33. The molecule has 1 aliphatic heterocycles. The van der Waals surface area contributed by atoms with E-state index in [9.17, 15) is 14.4 Å². The van der Waals surface area contributed by atoms with Crippen LogP contribution >= 0.6 is 0 Å². The summed E-state index contributed by atoms with van der Waals surface area (Å²) in [7, 11) is 0. The largest absolute Gasteiger partial charge is 0.465 e. The first-order valence-electron chi connectivity index (χ1n) is 6.21. The summed E-state index contributed by atoms with van der Waals surface area (Å²) in [6, 6.07) is -0.787. The van der Waals surface area contributed by atoms with Crippen LogP contribution in [0.1, 0.15) is 27.2 Å². The number of hydrogen-bond donors (Lipinski definition) is 3. The Bertz CT molecular complexity index is 448. The highest BCUT2D eigenvalue weighted by Gasteiger charge is 2.53. The molecule has 20 heavy (non-hydrogen) atoms. The van der Waals surface area contributed by atoms with Gasteiger partial charge >= 0.3 is 18.0 Å². The van der Waals surface area contributed by atoms with E-state index in [4.69, 9.17) is 15.2 Å². The van der Waals surface area contributed by atoms with Gasteiger partial charge in [0.2, 0.25) is 0 Å². The molecule has 0 saturated carbocycles. The van der Waals surface area contributed by atoms with Crippen LogP contribution < -0.4 is 16.6 Å². The number of cyclic esters (lactones) is 1. The summed E-state index contributed by atoms with van der Waals surface area (Å²) in [5.41, 5.74) is 8.44. The number of amides is 2. The van der Waals surface area contributed by atoms with E-state index in [0.717, 1.165) is 0 Å². The topological polar surface area (TPSA) is 120 Å². The fourth-order valence-corrected chi connectivity index (χ4v) is 2.04. The highest BCUT2D eigenvalue weighted by atomic mass is 16.6. The number of primary amides is 1. The van der Waals surface area contributed by atoms with Crippen LogP contribution in [0.4, 0.5) is 4.79 Å². The Morgan fingerprint density at radius 3 is 2.65 bits per heavy atom. The van der Waals surface area contributed by atoms with Crippen LogP contribution in [0.25, 0.3) is 0 Å². The Morgan fingerprint density at radius 2 is 2.20 bits per heavy atom. The van der Waals surface area contributed by atoms with Gasteiger partial charge in [0, 0.05) is 12.1 Å². The van der Waals surface area contributed by atoms with Gasteiger partial charge in [0.25, 0.3) is 0 Å². The van der Waals surface area contributed by atoms with Gasteiger partial charge in [-0.05, 0) is 26.8 Å². The minimum atomic E-state index is -1.49. The molecule has 1 fully saturated rings. The molecule has 0 spiro atoms. The Labute approximate surface area is 116 Å². The number of ether oxygens (including phenoxy) is 2. The first-order chi connectivity index (χ1) is 9.31. The first-order valence-corrected chi connectivity index (χ1v) is 6.21. The molecule has 1 rings (SSSR count). The van der Waals surface area contributed by atoms with E-state index in [1.807, 2.05) is 0 Å². The maximum Gasteiger partial charge on any atom is 0.330 e. The van der Waals surface area contributed by atoms with Crippen LogP contribution in [0.3, 0.4) is 0 Å². The summed E-state index contributed by atoms with van der Waals surface area (Å²) in [6.07, 6.45) is 1.17. The minimum Gasteiger partial charge on any atom is -0.465 e. The molecule has 1 aliphatic rings. The molecule has 2 atom stereocenters. The normalized spacial score (nSPS) is 25.9. The Kier molecular flexibility index (Phi) is 4.95. The molecular weight excluding hydrogens is 266 g/mol. The third-order valence-corrected chi connectivity index (χ3v) is 2.77. The van der Waals surface area contributed by atoms with Gasteiger partial charge in [-0.25, -0.2) is 4.79 Å². The lowest BCUT2D eigenvalue weighted by atomic mass is 9.84. The molecule has 1 heterocycles. The smallest absolute Gasteiger partial charge is 0.330 e. The summed E-state index contributed by atoms with van der Waals surface area (Å²) in [4.78, 5) is 34.7. The van der Waals surface area contributed by atoms with E-state index >= 15 is 0 Å². The number of allylic oxidation sites excluding steroid dienone is 1. The zero-order valence-electron chi connectivity index (χ0n) is 11.7. The minimum absolute atomic E-state index is 0.155. The molecule has 2 amide bonds. The number of nitrogens with one attached hydrogen (secondary N) is 2. The number of carbonyl (C=O) groups is 3. The highest BCUT2D eigenvalue weighted by Crippen LogP contribution is 2.37. The Morgan fingerprint density at radius 1 is 1.55 bits per heavy atom. The molecule has 0 aromatic carbocycles. The molecule has 112 valence electrons. The zero-order chi connectivity index (χ0) is 15.3. The number of hydrazine groups is 1. The number of nitrogens with two attached hydrogens (primary N) is 1. The molecule has 1 saturated heterocycles. The number of urea groups is 1. The summed E-state index contributed by atoms with van der Waals surface area (Å²) in [5, 5.41) is 0. The molecule has 8 nitrogen and oxygen atoms in total. The fraction of sp³-hybridized carbons (Fsp3) is 0.583. The van der Waals surface area contributed by atoms with Crippen LogP contribution in [-0.2, 0) is 19.1 Å². The van der Waals surface area contributed by atoms with Crippen molar-refractivity contribution in [3.8, 4) is 0 Å². The Hall–Kier alpha value is -2.25. The van der Waals surface area contributed by atoms with Crippen molar-refractivity contribution in [2.45, 2.75) is 33.3 Å². The zero-order valence-corrected chi connectivity index (χ0v) is 11.7. The monoisotopic (exact) mass is 285 g/mol. The standard InChI is InChI=1S/C12H19N3O5/c1-4-19-9(16)12(6-8(3)20-10(12)17)5-7(2)14-15-11(13)18/h5,8,14H,4,6H2,1-3H3,(H3,13,15,18). The SMILES string of the molecule is CCOC(=O)C1(C=C(C)NNC(N)=O)CC(C)OC1=O. The average Bonchev–Trinajstić information content (AvgIpc) is 2.63. The molecule has 0 aromatic rings. The van der Waals surface area contributed by atoms with Gasteiger partial charge in [-0.1, -0.05) is 0 Å². The second-order valence-electron chi connectivity index (χ2n) is 4.55. The van der Waals surface area contributed by atoms with Crippen molar-refractivity contribution < 1.29 is 23.9 Å². The third kappa shape index (κ3) is 3.40. The van der Waals surface area contributed by atoms with Gasteiger partial charge in [-0.2, -0.15) is 0 Å². The predicted molar refractivity (Wildman–Crippen MR) is 68.8 cm³/mol. The van der Waals surface area contributed by atoms with Crippen molar-refractivity contribution in [1.82, 2.24) is 10.9 Å². The third-order valence-electron chi connectivity index (χ3n) is 2.77. The maximum atomic E-state index is 12.1. The molecule has 0 bridgehead atoms. The van der Waals surface area contributed by atoms with E-state index in [-0.39, 0.29) is 19.1 Å². The van der Waals surface area contributed by atoms with Crippen LogP contribution in [0.15, 0.2) is 11.8 Å². The summed E-state index contributed by atoms with van der Waals surface area (Å²) in [6.45, 7) is 5.07. The van der Waals surface area contributed by atoms with E-state index in [1.54, 1.807) is 20.8 Å². The molecule has 4 N–H and O–H groups in total. The van der Waals surface area contributed by atoms with Gasteiger partial charge in [-0.3, -0.25) is 15.0 Å². The van der Waals surface area contributed by atoms with Crippen molar-refractivity contribution in [3.05, 3.63) is 11.8 Å². The molecule has 0 radical (unpaired) electrons. The van der Waals surface area contributed by atoms with E-state index in [1.165, 1.54) is 6.08 Å². The second-order valence-corrected chi connectivity index (χ2v) is 4.55. The molecule has 0 aromatic heterocycles. The second kappa shape index (κ2) is 6.27. The lowest BCUT2D eigenvalue weighted by Gasteiger charge is -2.20. The van der Waals surface area contributed by atoms with Gasteiger partial charge in [-0.15, -0.1) is 0 Å². The van der Waals surface area contributed by atoms with E-state index in [2.05, 4.69) is 10.9 Å². The lowest BCUT2D eigenvalue weighted by Crippen LogP contribution is -2.42. The van der Waals surface area contributed by atoms with Crippen LogP contribution in [0.5, 0.6) is 0 Å². The number of carbonyl (C=O) groups excluding carboxylic acids is 3. The molecular formula is C12H19N3O5. The van der Waals surface area contributed by atoms with Gasteiger partial charge in [0.1, 0.15) is 6.10 Å². The Balaban J connectivity index is 3.00. The number of rotatable bonds is 5. The molecule has 2 unspecified atom stereocenters. The van der Waals surface area contributed by atoms with E-state index < -0.39 is 23.4 Å². The van der Waals surface area contributed by atoms with Crippen molar-refractivity contribution in [2.24, 2.45) is 11.1 Å². The predicted octanol–water partition coefficient (Wildman–Crippen LogP) is -0.0520. The molecule has 8 heteroatoms. The maximum absolute atomic E-state index is 12.1. The van der Waals surface area contributed by atoms with Crippen LogP contribution in [0, 0.1) is 5.41 Å². The summed E-state index contributed by atoms with van der Waals surface area (Å²) >= 11 is 0. The van der Waals surface area contributed by atoms with Gasteiger partial charge < -0.3 is 20.6 Å². The fourth-order valence-electron chi connectivity index (χ4n) is 2.04. The number of esters is 2. The van der Waals surface area contributed by atoms with Crippen molar-refractivity contribution in [1.29, 1.82) is 0 Å².